The van der Waals surface area contributed by atoms with E-state index in [0.29, 0.717) is 19.6 Å². The van der Waals surface area contributed by atoms with Crippen molar-refractivity contribution in [3.8, 4) is 0 Å². The van der Waals surface area contributed by atoms with Crippen LogP contribution in [-0.4, -0.2) is 65.2 Å². The number of ketones is 1. The van der Waals surface area contributed by atoms with E-state index in [1.165, 1.54) is 0 Å². The Balaban J connectivity index is 1.86. The molecule has 3 fully saturated rings. The highest BCUT2D eigenvalue weighted by Crippen LogP contribution is 2.65. The predicted octanol–water partition coefficient (Wildman–Crippen LogP) is 4.14. The lowest BCUT2D eigenvalue weighted by atomic mass is 9.89. The van der Waals surface area contributed by atoms with Gasteiger partial charge in [0.1, 0.15) is 5.60 Å². The zero-order chi connectivity index (χ0) is 26.0. The summed E-state index contributed by atoms with van der Waals surface area (Å²) < 4.78 is 11.6. The highest BCUT2D eigenvalue weighted by molar-refractivity contribution is 5.93. The number of rotatable bonds is 3. The topological polar surface area (TPSA) is 93.1 Å². The van der Waals surface area contributed by atoms with E-state index in [-0.39, 0.29) is 47.9 Å². The molecular weight excluding hydrogens is 446 g/mol. The van der Waals surface area contributed by atoms with Gasteiger partial charge in [-0.15, -0.1) is 0 Å². The van der Waals surface area contributed by atoms with E-state index in [0.717, 1.165) is 38.5 Å². The highest BCUT2D eigenvalue weighted by atomic mass is 16.6. The highest BCUT2D eigenvalue weighted by Gasteiger charge is 2.69. The molecule has 1 amide bonds. The lowest BCUT2D eigenvalue weighted by molar-refractivity contribution is -0.162. The molecule has 2 heterocycles. The van der Waals surface area contributed by atoms with E-state index in [1.54, 1.807) is 4.90 Å². The van der Waals surface area contributed by atoms with Crippen molar-refractivity contribution in [2.75, 3.05) is 19.8 Å². The van der Waals surface area contributed by atoms with Crippen LogP contribution in [0.1, 0.15) is 92.9 Å². The number of Topliss-reactive ketones (excluding diaryl/α,β-unsaturated/α-hetero) is 1. The van der Waals surface area contributed by atoms with Crippen LogP contribution in [0, 0.1) is 29.1 Å². The SMILES string of the molecule is C[C@@H]1OCCCCCCC[C@@H](CO)CC(=O)[C@@H]2[C@@H]3[C@H](CN2C(=O)[C@H]1CC(=O)OC(C)(C)C)C3(C)C. The number of aliphatic hydroxyl groups excluding tert-OH is 1. The molecule has 1 aliphatic carbocycles. The van der Waals surface area contributed by atoms with Crippen LogP contribution in [-0.2, 0) is 23.9 Å². The summed E-state index contributed by atoms with van der Waals surface area (Å²) in [7, 11) is 0. The van der Waals surface area contributed by atoms with Gasteiger partial charge >= 0.3 is 5.97 Å². The molecule has 7 heteroatoms. The van der Waals surface area contributed by atoms with Crippen molar-refractivity contribution in [2.45, 2.75) is 111 Å². The van der Waals surface area contributed by atoms with Gasteiger partial charge in [0, 0.05) is 26.2 Å². The Hall–Kier alpha value is -1.47. The lowest BCUT2D eigenvalue weighted by Gasteiger charge is -2.35. The smallest absolute Gasteiger partial charge is 0.307 e. The number of hydrogen-bond acceptors (Lipinski definition) is 6. The maximum Gasteiger partial charge on any atom is 0.307 e. The third-order valence-electron chi connectivity index (χ3n) is 8.40. The molecule has 35 heavy (non-hydrogen) atoms. The predicted molar refractivity (Wildman–Crippen MR) is 134 cm³/mol. The summed E-state index contributed by atoms with van der Waals surface area (Å²) in [5.41, 5.74) is -0.616. The first-order valence-corrected chi connectivity index (χ1v) is 13.6. The fourth-order valence-corrected chi connectivity index (χ4v) is 6.23. The average Bonchev–Trinajstić information content (AvgIpc) is 3.09. The van der Waals surface area contributed by atoms with Crippen LogP contribution < -0.4 is 0 Å². The van der Waals surface area contributed by atoms with Crippen LogP contribution in [0.25, 0.3) is 0 Å². The number of carbonyl (C=O) groups is 3. The molecule has 200 valence electrons. The molecule has 3 rings (SSSR count). The molecule has 6 atom stereocenters. The van der Waals surface area contributed by atoms with E-state index in [1.807, 2.05) is 27.7 Å². The van der Waals surface area contributed by atoms with Crippen LogP contribution in [0.4, 0.5) is 0 Å². The minimum Gasteiger partial charge on any atom is -0.460 e. The first-order chi connectivity index (χ1) is 16.4. The molecule has 0 aromatic rings. The maximum atomic E-state index is 13.9. The van der Waals surface area contributed by atoms with Gasteiger partial charge in [0.2, 0.25) is 5.91 Å². The second kappa shape index (κ2) is 11.3. The molecule has 0 aromatic heterocycles. The maximum absolute atomic E-state index is 13.9. The van der Waals surface area contributed by atoms with Gasteiger partial charge < -0.3 is 19.5 Å². The number of carbonyl (C=O) groups excluding carboxylic acids is 3. The molecule has 0 radical (unpaired) electrons. The van der Waals surface area contributed by atoms with Gasteiger partial charge in [-0.1, -0.05) is 39.5 Å². The fraction of sp³-hybridized carbons (Fsp3) is 0.893. The van der Waals surface area contributed by atoms with Crippen molar-refractivity contribution in [3.63, 3.8) is 0 Å². The Bertz CT molecular complexity index is 772. The molecule has 2 saturated heterocycles. The fourth-order valence-electron chi connectivity index (χ4n) is 6.23. The first kappa shape index (κ1) is 28.1. The first-order valence-electron chi connectivity index (χ1n) is 13.6. The van der Waals surface area contributed by atoms with Crippen molar-refractivity contribution >= 4 is 17.7 Å². The summed E-state index contributed by atoms with van der Waals surface area (Å²) in [4.78, 5) is 42.0. The van der Waals surface area contributed by atoms with E-state index >= 15 is 0 Å². The number of fused-ring (bicyclic) bond motifs is 3. The van der Waals surface area contributed by atoms with Crippen molar-refractivity contribution in [3.05, 3.63) is 0 Å². The number of piperidine rings is 1. The molecule has 3 aliphatic rings. The average molecular weight is 494 g/mol. The van der Waals surface area contributed by atoms with Gasteiger partial charge in [0.05, 0.1) is 24.5 Å². The second-order valence-electron chi connectivity index (χ2n) is 12.6. The van der Waals surface area contributed by atoms with Crippen molar-refractivity contribution in [2.24, 2.45) is 29.1 Å². The molecule has 0 aromatic carbocycles. The minimum atomic E-state index is -0.692. The summed E-state index contributed by atoms with van der Waals surface area (Å²) >= 11 is 0. The number of ether oxygens (including phenoxy) is 2. The third-order valence-corrected chi connectivity index (χ3v) is 8.40. The molecule has 7 nitrogen and oxygen atoms in total. The van der Waals surface area contributed by atoms with Crippen LogP contribution in [0.15, 0.2) is 0 Å². The zero-order valence-electron chi connectivity index (χ0n) is 22.7. The Morgan fingerprint density at radius 2 is 1.80 bits per heavy atom. The standard InChI is InChI=1S/C28H47NO6/c1-18-20(15-23(32)35-27(2,3)4)26(33)29-16-21-24(28(21,5)6)25(29)22(31)14-19(17-30)12-10-8-7-9-11-13-34-18/h18-21,24-25,30H,7-17H2,1-6H3/t18-,19+,20-,21-,24-,25+/m0/s1. The van der Waals surface area contributed by atoms with Crippen LogP contribution in [0.3, 0.4) is 0 Å². The summed E-state index contributed by atoms with van der Waals surface area (Å²) in [6.45, 7) is 12.7. The molecule has 1 N–H and O–H groups in total. The third kappa shape index (κ3) is 6.85. The number of nitrogens with zero attached hydrogens (tertiary/aromatic N) is 1. The van der Waals surface area contributed by atoms with E-state index in [9.17, 15) is 19.5 Å². The van der Waals surface area contributed by atoms with Crippen molar-refractivity contribution < 1.29 is 29.0 Å². The number of amides is 1. The number of hydrogen-bond donors (Lipinski definition) is 1. The molecule has 2 aliphatic heterocycles. The molecule has 0 unspecified atom stereocenters. The zero-order valence-corrected chi connectivity index (χ0v) is 22.7. The summed E-state index contributed by atoms with van der Waals surface area (Å²) in [5.74, 6) is -0.891. The largest absolute Gasteiger partial charge is 0.460 e. The van der Waals surface area contributed by atoms with Crippen LogP contribution in [0.2, 0.25) is 0 Å². The Morgan fingerprint density at radius 3 is 2.46 bits per heavy atom. The Kier molecular flexibility index (Phi) is 9.06. The van der Waals surface area contributed by atoms with E-state index in [2.05, 4.69) is 13.8 Å². The number of aliphatic hydroxyl groups is 1. The van der Waals surface area contributed by atoms with Gasteiger partial charge in [-0.05, 0) is 63.7 Å². The van der Waals surface area contributed by atoms with Gasteiger partial charge in [0.15, 0.2) is 5.78 Å². The molecule has 1 saturated carbocycles. The van der Waals surface area contributed by atoms with E-state index < -0.39 is 29.6 Å². The molecular formula is C28H47NO6. The number of esters is 1. The minimum absolute atomic E-state index is 0.00393. The summed E-state index contributed by atoms with van der Waals surface area (Å²) in [5, 5.41) is 9.94. The van der Waals surface area contributed by atoms with Crippen molar-refractivity contribution in [1.29, 1.82) is 0 Å². The quantitative estimate of drug-likeness (QED) is 0.594. The molecule has 0 spiro atoms. The summed E-state index contributed by atoms with van der Waals surface area (Å²) in [6.07, 6.45) is 5.71. The Morgan fingerprint density at radius 1 is 1.14 bits per heavy atom. The van der Waals surface area contributed by atoms with Crippen LogP contribution >= 0.6 is 0 Å². The van der Waals surface area contributed by atoms with Gasteiger partial charge in [-0.25, -0.2) is 0 Å². The monoisotopic (exact) mass is 493 g/mol. The van der Waals surface area contributed by atoms with Crippen molar-refractivity contribution in [1.82, 2.24) is 4.90 Å². The lowest BCUT2D eigenvalue weighted by Crippen LogP contribution is -2.50. The van der Waals surface area contributed by atoms with Gasteiger partial charge in [-0.3, -0.25) is 14.4 Å². The van der Waals surface area contributed by atoms with Gasteiger partial charge in [-0.2, -0.15) is 0 Å². The van der Waals surface area contributed by atoms with E-state index in [4.69, 9.17) is 9.47 Å². The molecule has 0 bridgehead atoms. The van der Waals surface area contributed by atoms with Gasteiger partial charge in [0.25, 0.3) is 0 Å². The summed E-state index contributed by atoms with van der Waals surface area (Å²) in [6, 6.07) is -0.488. The second-order valence-corrected chi connectivity index (χ2v) is 12.6. The normalized spacial score (nSPS) is 34.8. The van der Waals surface area contributed by atoms with Crippen LogP contribution in [0.5, 0.6) is 0 Å². The Labute approximate surface area is 211 Å².